The van der Waals surface area contributed by atoms with Crippen molar-refractivity contribution in [3.63, 3.8) is 0 Å². The molecule has 19 heavy (non-hydrogen) atoms. The van der Waals surface area contributed by atoms with E-state index in [0.717, 1.165) is 28.3 Å². The Morgan fingerprint density at radius 3 is 2.74 bits per heavy atom. The first-order chi connectivity index (χ1) is 9.08. The van der Waals surface area contributed by atoms with Crippen LogP contribution in [-0.4, -0.2) is 19.0 Å². The highest BCUT2D eigenvalue weighted by Gasteiger charge is 2.28. The molecule has 0 aromatic heterocycles. The van der Waals surface area contributed by atoms with Crippen LogP contribution in [0.25, 0.3) is 0 Å². The highest BCUT2D eigenvalue weighted by molar-refractivity contribution is 9.11. The predicted molar refractivity (Wildman–Crippen MR) is 84.0 cm³/mol. The lowest BCUT2D eigenvalue weighted by atomic mass is 10.1. The molecule has 1 amide bonds. The van der Waals surface area contributed by atoms with Crippen LogP contribution in [0.15, 0.2) is 27.1 Å². The van der Waals surface area contributed by atoms with Gasteiger partial charge in [0, 0.05) is 34.0 Å². The smallest absolute Gasteiger partial charge is 0.223 e. The molecule has 1 aromatic rings. The van der Waals surface area contributed by atoms with Crippen molar-refractivity contribution in [3.8, 4) is 0 Å². The summed E-state index contributed by atoms with van der Waals surface area (Å²) in [6, 6.07) is 6.42. The van der Waals surface area contributed by atoms with Gasteiger partial charge >= 0.3 is 0 Å². The molecular weight excluding hydrogens is 372 g/mol. The Hall–Kier alpha value is -0.390. The fourth-order valence-electron chi connectivity index (χ4n) is 1.93. The molecule has 1 aliphatic carbocycles. The fourth-order valence-corrected chi connectivity index (χ4v) is 3.32. The molecule has 0 spiro atoms. The first-order valence-corrected chi connectivity index (χ1v) is 8.12. The number of rotatable bonds is 6. The Morgan fingerprint density at radius 1 is 1.37 bits per heavy atom. The molecule has 0 bridgehead atoms. The lowest BCUT2D eigenvalue weighted by Crippen LogP contribution is -2.33. The molecule has 0 heterocycles. The number of hydrogen-bond acceptors (Lipinski definition) is 2. The molecular formula is C14H18Br2N2O. The highest BCUT2D eigenvalue weighted by Crippen LogP contribution is 2.28. The van der Waals surface area contributed by atoms with E-state index in [-0.39, 0.29) is 17.9 Å². The van der Waals surface area contributed by atoms with Crippen molar-refractivity contribution in [2.75, 3.05) is 13.1 Å². The zero-order valence-corrected chi connectivity index (χ0v) is 14.1. The summed E-state index contributed by atoms with van der Waals surface area (Å²) >= 11 is 7.01. The van der Waals surface area contributed by atoms with E-state index in [1.807, 2.05) is 12.1 Å². The number of carbonyl (C=O) groups is 1. The first-order valence-electron chi connectivity index (χ1n) is 6.54. The van der Waals surface area contributed by atoms with Crippen LogP contribution in [0.1, 0.15) is 31.4 Å². The number of halogens is 2. The van der Waals surface area contributed by atoms with E-state index < -0.39 is 0 Å². The summed E-state index contributed by atoms with van der Waals surface area (Å²) < 4.78 is 2.15. The summed E-state index contributed by atoms with van der Waals surface area (Å²) in [6.45, 7) is 3.59. The lowest BCUT2D eigenvalue weighted by molar-refractivity contribution is -0.122. The Labute approximate surface area is 130 Å². The average molecular weight is 390 g/mol. The Kier molecular flexibility index (Phi) is 5.42. The van der Waals surface area contributed by atoms with Crippen LogP contribution in [0.2, 0.25) is 0 Å². The van der Waals surface area contributed by atoms with Crippen molar-refractivity contribution >= 4 is 37.8 Å². The maximum absolute atomic E-state index is 11.5. The lowest BCUT2D eigenvalue weighted by Gasteiger charge is -2.16. The Morgan fingerprint density at radius 2 is 2.11 bits per heavy atom. The second-order valence-electron chi connectivity index (χ2n) is 4.91. The summed E-state index contributed by atoms with van der Waals surface area (Å²) in [5.41, 5.74) is 1.22. The molecule has 3 nitrogen and oxygen atoms in total. The SMILES string of the molecule is CC(NCCNC(=O)C1CC1)c1ccc(Br)cc1Br. The topological polar surface area (TPSA) is 41.1 Å². The third kappa shape index (κ3) is 4.58. The van der Waals surface area contributed by atoms with Gasteiger partial charge in [-0.25, -0.2) is 0 Å². The van der Waals surface area contributed by atoms with E-state index in [1.54, 1.807) is 0 Å². The molecule has 1 fully saturated rings. The van der Waals surface area contributed by atoms with Gasteiger partial charge in [0.2, 0.25) is 5.91 Å². The number of nitrogens with one attached hydrogen (secondary N) is 2. The minimum Gasteiger partial charge on any atom is -0.355 e. The zero-order valence-electron chi connectivity index (χ0n) is 10.9. The van der Waals surface area contributed by atoms with Gasteiger partial charge in [0.1, 0.15) is 0 Å². The monoisotopic (exact) mass is 388 g/mol. The minimum atomic E-state index is 0.208. The van der Waals surface area contributed by atoms with E-state index in [1.165, 1.54) is 5.56 Å². The van der Waals surface area contributed by atoms with Crippen molar-refractivity contribution < 1.29 is 4.79 Å². The largest absolute Gasteiger partial charge is 0.355 e. The number of carbonyl (C=O) groups excluding carboxylic acids is 1. The molecule has 0 saturated heterocycles. The molecule has 2 rings (SSSR count). The van der Waals surface area contributed by atoms with Gasteiger partial charge in [0.25, 0.3) is 0 Å². The van der Waals surface area contributed by atoms with Gasteiger partial charge < -0.3 is 10.6 Å². The van der Waals surface area contributed by atoms with Crippen LogP contribution in [0.3, 0.4) is 0 Å². The van der Waals surface area contributed by atoms with E-state index in [0.29, 0.717) is 6.54 Å². The molecule has 0 radical (unpaired) electrons. The van der Waals surface area contributed by atoms with Crippen molar-refractivity contribution in [1.82, 2.24) is 10.6 Å². The molecule has 104 valence electrons. The summed E-state index contributed by atoms with van der Waals surface area (Å²) in [5, 5.41) is 6.37. The average Bonchev–Trinajstić information content (AvgIpc) is 3.18. The third-order valence-electron chi connectivity index (χ3n) is 3.25. The predicted octanol–water partition coefficient (Wildman–Crippen LogP) is 3.39. The summed E-state index contributed by atoms with van der Waals surface area (Å²) in [6.07, 6.45) is 2.11. The van der Waals surface area contributed by atoms with E-state index >= 15 is 0 Å². The number of amides is 1. The first kappa shape index (κ1) is 15.0. The van der Waals surface area contributed by atoms with Gasteiger partial charge in [-0.1, -0.05) is 37.9 Å². The maximum atomic E-state index is 11.5. The summed E-state index contributed by atoms with van der Waals surface area (Å²) in [5.74, 6) is 0.498. The Bertz CT molecular complexity index is 461. The van der Waals surface area contributed by atoms with Gasteiger partial charge in [-0.3, -0.25) is 4.79 Å². The second kappa shape index (κ2) is 6.86. The standard InChI is InChI=1S/C14H18Br2N2O/c1-9(12-5-4-11(15)8-13(12)16)17-6-7-18-14(19)10-2-3-10/h4-5,8-10,17H,2-3,6-7H2,1H3,(H,18,19). The van der Waals surface area contributed by atoms with Crippen LogP contribution in [-0.2, 0) is 4.79 Å². The number of hydrogen-bond donors (Lipinski definition) is 2. The van der Waals surface area contributed by atoms with Crippen molar-refractivity contribution in [2.45, 2.75) is 25.8 Å². The fraction of sp³-hybridized carbons (Fsp3) is 0.500. The van der Waals surface area contributed by atoms with Crippen LogP contribution in [0.4, 0.5) is 0 Å². The van der Waals surface area contributed by atoms with Crippen LogP contribution in [0.5, 0.6) is 0 Å². The Balaban J connectivity index is 1.74. The van der Waals surface area contributed by atoms with E-state index in [9.17, 15) is 4.79 Å². The molecule has 1 saturated carbocycles. The van der Waals surface area contributed by atoms with Gasteiger partial charge in [-0.2, -0.15) is 0 Å². The van der Waals surface area contributed by atoms with Crippen LogP contribution in [0, 0.1) is 5.92 Å². The van der Waals surface area contributed by atoms with Gasteiger partial charge in [-0.05, 0) is 37.5 Å². The summed E-state index contributed by atoms with van der Waals surface area (Å²) in [7, 11) is 0. The third-order valence-corrected chi connectivity index (χ3v) is 4.43. The quantitative estimate of drug-likeness (QED) is 0.732. The van der Waals surface area contributed by atoms with Crippen molar-refractivity contribution in [1.29, 1.82) is 0 Å². The highest BCUT2D eigenvalue weighted by atomic mass is 79.9. The maximum Gasteiger partial charge on any atom is 0.223 e. The van der Waals surface area contributed by atoms with Crippen molar-refractivity contribution in [2.24, 2.45) is 5.92 Å². The molecule has 2 N–H and O–H groups in total. The zero-order chi connectivity index (χ0) is 13.8. The van der Waals surface area contributed by atoms with Gasteiger partial charge in [0.05, 0.1) is 0 Å². The minimum absolute atomic E-state index is 0.208. The molecule has 5 heteroatoms. The van der Waals surface area contributed by atoms with Gasteiger partial charge in [0.15, 0.2) is 0 Å². The van der Waals surface area contributed by atoms with Crippen LogP contribution >= 0.6 is 31.9 Å². The molecule has 0 aliphatic heterocycles. The van der Waals surface area contributed by atoms with E-state index in [4.69, 9.17) is 0 Å². The molecule has 1 unspecified atom stereocenters. The molecule has 1 atom stereocenters. The molecule has 1 aliphatic rings. The normalized spacial score (nSPS) is 16.2. The van der Waals surface area contributed by atoms with Crippen LogP contribution < -0.4 is 10.6 Å². The second-order valence-corrected chi connectivity index (χ2v) is 6.68. The number of benzene rings is 1. The van der Waals surface area contributed by atoms with Gasteiger partial charge in [-0.15, -0.1) is 0 Å². The molecule has 1 aromatic carbocycles. The summed E-state index contributed by atoms with van der Waals surface area (Å²) in [4.78, 5) is 11.5. The van der Waals surface area contributed by atoms with Crippen molar-refractivity contribution in [3.05, 3.63) is 32.7 Å². The van der Waals surface area contributed by atoms with E-state index in [2.05, 4.69) is 55.5 Å².